The van der Waals surface area contributed by atoms with Crippen molar-refractivity contribution in [1.82, 2.24) is 4.90 Å². The van der Waals surface area contributed by atoms with Crippen molar-refractivity contribution in [2.75, 3.05) is 13.1 Å². The zero-order valence-electron chi connectivity index (χ0n) is 19.6. The Morgan fingerprint density at radius 1 is 0.743 bits per heavy atom. The molecule has 0 bridgehead atoms. The van der Waals surface area contributed by atoms with Gasteiger partial charge in [-0.3, -0.25) is 9.59 Å². The highest BCUT2D eigenvalue weighted by atomic mass is 16.6. The number of Topliss-reactive ketones (excluding diaryl/α,β-unsaturated/α-hetero) is 2. The molecule has 4 rings (SSSR count). The van der Waals surface area contributed by atoms with E-state index in [0.717, 1.165) is 11.1 Å². The minimum atomic E-state index is -0.370. The molecule has 0 saturated carbocycles. The maximum absolute atomic E-state index is 12.7. The van der Waals surface area contributed by atoms with Crippen LogP contribution in [0.1, 0.15) is 40.7 Å². The van der Waals surface area contributed by atoms with E-state index < -0.39 is 0 Å². The summed E-state index contributed by atoms with van der Waals surface area (Å²) in [6, 6.07) is 26.3. The molecule has 1 amide bonds. The molecule has 35 heavy (non-hydrogen) atoms. The van der Waals surface area contributed by atoms with Gasteiger partial charge < -0.3 is 14.4 Å². The lowest BCUT2D eigenvalue weighted by Crippen LogP contribution is -2.40. The number of amides is 1. The fourth-order valence-electron chi connectivity index (χ4n) is 4.08. The Morgan fingerprint density at radius 2 is 1.31 bits per heavy atom. The summed E-state index contributed by atoms with van der Waals surface area (Å²) < 4.78 is 11.1. The molecular formula is C29H29NO5. The molecule has 180 valence electrons. The van der Waals surface area contributed by atoms with Gasteiger partial charge in [0.15, 0.2) is 5.78 Å². The van der Waals surface area contributed by atoms with Crippen LogP contribution in [0.4, 0.5) is 4.79 Å². The van der Waals surface area contributed by atoms with Gasteiger partial charge in [-0.05, 0) is 48.2 Å². The standard InChI is InChI=1S/C29H29NO5/c31-27(24-11-13-26(14-12-24)34-20-22-7-3-1-4-8-22)19-28(32)25-15-17-30(18-16-25)29(33)35-21-23-9-5-2-6-10-23/h1-14,25H,15-21H2. The van der Waals surface area contributed by atoms with Crippen molar-refractivity contribution in [1.29, 1.82) is 0 Å². The predicted molar refractivity (Wildman–Crippen MR) is 132 cm³/mol. The van der Waals surface area contributed by atoms with Gasteiger partial charge in [0.2, 0.25) is 0 Å². The average Bonchev–Trinajstić information content (AvgIpc) is 2.92. The van der Waals surface area contributed by atoms with Gasteiger partial charge >= 0.3 is 6.09 Å². The monoisotopic (exact) mass is 471 g/mol. The molecule has 1 aliphatic rings. The first-order chi connectivity index (χ1) is 17.1. The lowest BCUT2D eigenvalue weighted by molar-refractivity contribution is -0.123. The van der Waals surface area contributed by atoms with Gasteiger partial charge in [0.25, 0.3) is 0 Å². The van der Waals surface area contributed by atoms with Crippen molar-refractivity contribution in [2.24, 2.45) is 5.92 Å². The van der Waals surface area contributed by atoms with Crippen LogP contribution in [-0.4, -0.2) is 35.6 Å². The van der Waals surface area contributed by atoms with E-state index in [4.69, 9.17) is 9.47 Å². The van der Waals surface area contributed by atoms with E-state index in [1.165, 1.54) is 0 Å². The zero-order chi connectivity index (χ0) is 24.5. The molecule has 1 saturated heterocycles. The van der Waals surface area contributed by atoms with Crippen molar-refractivity contribution < 1.29 is 23.9 Å². The molecule has 3 aromatic rings. The van der Waals surface area contributed by atoms with Crippen LogP contribution in [0.2, 0.25) is 0 Å². The highest BCUT2D eigenvalue weighted by Crippen LogP contribution is 2.22. The molecule has 1 aliphatic heterocycles. The molecule has 0 radical (unpaired) electrons. The maximum atomic E-state index is 12.7. The molecule has 0 spiro atoms. The Morgan fingerprint density at radius 3 is 1.91 bits per heavy atom. The van der Waals surface area contributed by atoms with Crippen molar-refractivity contribution in [2.45, 2.75) is 32.5 Å². The van der Waals surface area contributed by atoms with Crippen LogP contribution < -0.4 is 4.74 Å². The molecule has 1 fully saturated rings. The highest BCUT2D eigenvalue weighted by molar-refractivity contribution is 6.08. The van der Waals surface area contributed by atoms with Gasteiger partial charge in [-0.25, -0.2) is 4.79 Å². The van der Waals surface area contributed by atoms with Crippen LogP contribution in [0, 0.1) is 5.92 Å². The van der Waals surface area contributed by atoms with Crippen molar-refractivity contribution >= 4 is 17.7 Å². The Bertz CT molecular complexity index is 1120. The summed E-state index contributed by atoms with van der Waals surface area (Å²) >= 11 is 0. The van der Waals surface area contributed by atoms with E-state index in [9.17, 15) is 14.4 Å². The predicted octanol–water partition coefficient (Wildman–Crippen LogP) is 5.46. The number of carbonyl (C=O) groups is 3. The maximum Gasteiger partial charge on any atom is 0.410 e. The molecule has 0 unspecified atom stereocenters. The third-order valence-corrected chi connectivity index (χ3v) is 6.17. The van der Waals surface area contributed by atoms with Gasteiger partial charge in [-0.2, -0.15) is 0 Å². The van der Waals surface area contributed by atoms with E-state index in [1.807, 2.05) is 60.7 Å². The summed E-state index contributed by atoms with van der Waals surface area (Å²) in [4.78, 5) is 39.3. The summed E-state index contributed by atoms with van der Waals surface area (Å²) in [6.07, 6.45) is 0.579. The number of carbonyl (C=O) groups excluding carboxylic acids is 3. The molecule has 6 nitrogen and oxygen atoms in total. The fourth-order valence-corrected chi connectivity index (χ4v) is 4.08. The van der Waals surface area contributed by atoms with Gasteiger partial charge in [0.05, 0.1) is 6.42 Å². The van der Waals surface area contributed by atoms with E-state index in [2.05, 4.69) is 0 Å². The summed E-state index contributed by atoms with van der Waals surface area (Å²) in [5, 5.41) is 0. The number of likely N-dealkylation sites (tertiary alicyclic amines) is 1. The molecule has 6 heteroatoms. The largest absolute Gasteiger partial charge is 0.489 e. The lowest BCUT2D eigenvalue weighted by atomic mass is 9.89. The van der Waals surface area contributed by atoms with Gasteiger partial charge in [-0.15, -0.1) is 0 Å². The summed E-state index contributed by atoms with van der Waals surface area (Å²) in [5.41, 5.74) is 2.49. The Labute approximate surface area is 205 Å². The average molecular weight is 472 g/mol. The first-order valence-electron chi connectivity index (χ1n) is 11.9. The van der Waals surface area contributed by atoms with Crippen LogP contribution in [0.25, 0.3) is 0 Å². The number of nitrogens with zero attached hydrogens (tertiary/aromatic N) is 1. The van der Waals surface area contributed by atoms with E-state index in [1.54, 1.807) is 29.2 Å². The van der Waals surface area contributed by atoms with Gasteiger partial charge in [0, 0.05) is 24.6 Å². The van der Waals surface area contributed by atoms with Crippen LogP contribution in [0.3, 0.4) is 0 Å². The minimum Gasteiger partial charge on any atom is -0.489 e. The summed E-state index contributed by atoms with van der Waals surface area (Å²) in [6.45, 7) is 1.57. The molecule has 0 aliphatic carbocycles. The van der Waals surface area contributed by atoms with Crippen LogP contribution in [0.5, 0.6) is 5.75 Å². The topological polar surface area (TPSA) is 72.9 Å². The molecular weight excluding hydrogens is 442 g/mol. The third-order valence-electron chi connectivity index (χ3n) is 6.17. The molecule has 0 N–H and O–H groups in total. The quantitative estimate of drug-likeness (QED) is 0.306. The second-order valence-corrected chi connectivity index (χ2v) is 8.67. The Hall–Kier alpha value is -3.93. The van der Waals surface area contributed by atoms with Crippen LogP contribution >= 0.6 is 0 Å². The smallest absolute Gasteiger partial charge is 0.410 e. The van der Waals surface area contributed by atoms with E-state index >= 15 is 0 Å². The number of ether oxygens (including phenoxy) is 2. The first-order valence-corrected chi connectivity index (χ1v) is 11.9. The number of piperidine rings is 1. The molecule has 0 aromatic heterocycles. The van der Waals surface area contributed by atoms with Crippen molar-refractivity contribution in [3.05, 3.63) is 102 Å². The summed E-state index contributed by atoms with van der Waals surface area (Å²) in [7, 11) is 0. The number of hydrogen-bond acceptors (Lipinski definition) is 5. The molecule has 0 atom stereocenters. The third kappa shape index (κ3) is 7.03. The van der Waals surface area contributed by atoms with Crippen molar-refractivity contribution in [3.63, 3.8) is 0 Å². The van der Waals surface area contributed by atoms with Crippen molar-refractivity contribution in [3.8, 4) is 5.75 Å². The lowest BCUT2D eigenvalue weighted by Gasteiger charge is -2.30. The second-order valence-electron chi connectivity index (χ2n) is 8.67. The zero-order valence-corrected chi connectivity index (χ0v) is 19.6. The van der Waals surface area contributed by atoms with Gasteiger partial charge in [0.1, 0.15) is 24.7 Å². The number of benzene rings is 3. The first kappa shape index (κ1) is 24.2. The Kier molecular flexibility index (Phi) is 8.28. The number of rotatable bonds is 9. The number of hydrogen-bond donors (Lipinski definition) is 0. The fraction of sp³-hybridized carbons (Fsp3) is 0.276. The van der Waals surface area contributed by atoms with E-state index in [-0.39, 0.29) is 36.6 Å². The van der Waals surface area contributed by atoms with Gasteiger partial charge in [-0.1, -0.05) is 60.7 Å². The van der Waals surface area contributed by atoms with Crippen LogP contribution in [0.15, 0.2) is 84.9 Å². The minimum absolute atomic E-state index is 0.0725. The number of ketones is 2. The highest BCUT2D eigenvalue weighted by Gasteiger charge is 2.29. The van der Waals surface area contributed by atoms with E-state index in [0.29, 0.717) is 43.9 Å². The SMILES string of the molecule is O=C(CC(=O)C1CCN(C(=O)OCc2ccccc2)CC1)c1ccc(OCc2ccccc2)cc1. The molecule has 3 aromatic carbocycles. The normalized spacial score (nSPS) is 13.8. The molecule has 1 heterocycles. The summed E-state index contributed by atoms with van der Waals surface area (Å²) in [5.74, 6) is 0.180. The Balaban J connectivity index is 1.19. The second kappa shape index (κ2) is 12.0. The van der Waals surface area contributed by atoms with Crippen LogP contribution in [-0.2, 0) is 22.7 Å².